The van der Waals surface area contributed by atoms with Crippen molar-refractivity contribution >= 4 is 23.5 Å². The van der Waals surface area contributed by atoms with Gasteiger partial charge in [0.1, 0.15) is 0 Å². The third-order valence-electron chi connectivity index (χ3n) is 2.60. The molecule has 1 aliphatic rings. The first-order valence-electron chi connectivity index (χ1n) is 5.44. The van der Waals surface area contributed by atoms with E-state index in [1.165, 1.54) is 18.2 Å². The van der Waals surface area contributed by atoms with Crippen molar-refractivity contribution in [3.8, 4) is 12.0 Å². The fraction of sp³-hybridized carbons (Fsp3) is 0. The van der Waals surface area contributed by atoms with Gasteiger partial charge in [-0.3, -0.25) is 14.9 Å². The molecule has 3 rings (SSSR count). The minimum Gasteiger partial charge on any atom is -0.479 e. The molecule has 100 valence electrons. The molecule has 9 heteroatoms. The van der Waals surface area contributed by atoms with Crippen LogP contribution in [0.1, 0.15) is 20.7 Å². The number of nitrogens with one attached hydrogen (secondary N) is 2. The van der Waals surface area contributed by atoms with E-state index in [0.717, 1.165) is 0 Å². The van der Waals surface area contributed by atoms with E-state index in [0.29, 0.717) is 5.69 Å². The number of nitrogens with zero attached hydrogens (tertiary/aromatic N) is 3. The van der Waals surface area contributed by atoms with E-state index >= 15 is 0 Å². The minimum absolute atomic E-state index is 0.0975. The third-order valence-corrected chi connectivity index (χ3v) is 2.60. The molecule has 1 aromatic heterocycles. The quantitative estimate of drug-likeness (QED) is 0.557. The van der Waals surface area contributed by atoms with Gasteiger partial charge in [-0.15, -0.1) is 4.98 Å². The molecule has 1 aromatic carbocycles. The second-order valence-electron chi connectivity index (χ2n) is 3.93. The Balaban J connectivity index is 1.94. The SMILES string of the molecule is O=C1NC(=O)c2cc(Nc3nc(O)nc(O)n3)ccc21. The van der Waals surface area contributed by atoms with Crippen LogP contribution in [0.15, 0.2) is 18.2 Å². The number of carbonyl (C=O) groups excluding carboxylic acids is 2. The summed E-state index contributed by atoms with van der Waals surface area (Å²) in [6.07, 6.45) is 0. The first-order valence-corrected chi connectivity index (χ1v) is 5.44. The largest absolute Gasteiger partial charge is 0.479 e. The fourth-order valence-corrected chi connectivity index (χ4v) is 1.78. The maximum atomic E-state index is 11.5. The highest BCUT2D eigenvalue weighted by molar-refractivity contribution is 6.21. The van der Waals surface area contributed by atoms with Crippen molar-refractivity contribution in [1.82, 2.24) is 20.3 Å². The molecule has 0 unspecified atom stereocenters. The van der Waals surface area contributed by atoms with Gasteiger partial charge in [-0.1, -0.05) is 0 Å². The summed E-state index contributed by atoms with van der Waals surface area (Å²) in [6, 6.07) is 3.16. The van der Waals surface area contributed by atoms with Gasteiger partial charge < -0.3 is 15.5 Å². The molecule has 2 amide bonds. The van der Waals surface area contributed by atoms with Crippen molar-refractivity contribution in [1.29, 1.82) is 0 Å². The number of rotatable bonds is 2. The number of fused-ring (bicyclic) bond motifs is 1. The second kappa shape index (κ2) is 4.16. The average molecular weight is 273 g/mol. The van der Waals surface area contributed by atoms with Gasteiger partial charge >= 0.3 is 12.0 Å². The van der Waals surface area contributed by atoms with Crippen molar-refractivity contribution in [3.63, 3.8) is 0 Å². The van der Waals surface area contributed by atoms with Crippen LogP contribution in [-0.4, -0.2) is 37.0 Å². The summed E-state index contributed by atoms with van der Waals surface area (Å²) in [5.74, 6) is -1.04. The maximum absolute atomic E-state index is 11.5. The number of aromatic nitrogens is 3. The molecular weight excluding hydrogens is 266 g/mol. The number of anilines is 2. The van der Waals surface area contributed by atoms with Crippen molar-refractivity contribution in [2.45, 2.75) is 0 Å². The topological polar surface area (TPSA) is 137 Å². The van der Waals surface area contributed by atoms with Crippen molar-refractivity contribution < 1.29 is 19.8 Å². The lowest BCUT2D eigenvalue weighted by atomic mass is 10.1. The van der Waals surface area contributed by atoms with Crippen LogP contribution in [0.2, 0.25) is 0 Å². The van der Waals surface area contributed by atoms with Crippen LogP contribution in [0, 0.1) is 0 Å². The van der Waals surface area contributed by atoms with Gasteiger partial charge in [-0.25, -0.2) is 0 Å². The van der Waals surface area contributed by atoms with Crippen LogP contribution in [-0.2, 0) is 0 Å². The van der Waals surface area contributed by atoms with E-state index in [-0.39, 0.29) is 17.1 Å². The number of benzene rings is 1. The fourth-order valence-electron chi connectivity index (χ4n) is 1.78. The van der Waals surface area contributed by atoms with Gasteiger partial charge in [0.25, 0.3) is 11.8 Å². The summed E-state index contributed by atoms with van der Waals surface area (Å²) in [5.41, 5.74) is 0.919. The smallest absolute Gasteiger partial charge is 0.321 e. The van der Waals surface area contributed by atoms with Crippen LogP contribution in [0.3, 0.4) is 0 Å². The highest BCUT2D eigenvalue weighted by Gasteiger charge is 2.26. The number of hydrogen-bond acceptors (Lipinski definition) is 8. The molecule has 0 fully saturated rings. The molecule has 0 aliphatic carbocycles. The average Bonchev–Trinajstić information content (AvgIpc) is 2.63. The van der Waals surface area contributed by atoms with Crippen LogP contribution in [0.4, 0.5) is 11.6 Å². The van der Waals surface area contributed by atoms with Crippen LogP contribution < -0.4 is 10.6 Å². The van der Waals surface area contributed by atoms with Crippen molar-refractivity contribution in [3.05, 3.63) is 29.3 Å². The Morgan fingerprint density at radius 3 is 2.30 bits per heavy atom. The van der Waals surface area contributed by atoms with Gasteiger partial charge in [0.15, 0.2) is 0 Å². The molecule has 0 saturated heterocycles. The van der Waals surface area contributed by atoms with Crippen LogP contribution >= 0.6 is 0 Å². The number of amides is 2. The van der Waals surface area contributed by atoms with E-state index in [1.807, 2.05) is 0 Å². The molecule has 2 aromatic rings. The summed E-state index contributed by atoms with van der Waals surface area (Å²) < 4.78 is 0. The lowest BCUT2D eigenvalue weighted by Crippen LogP contribution is -2.19. The number of hydrogen-bond donors (Lipinski definition) is 4. The van der Waals surface area contributed by atoms with Crippen LogP contribution in [0.25, 0.3) is 0 Å². The molecule has 2 heterocycles. The molecule has 0 saturated carbocycles. The summed E-state index contributed by atoms with van der Waals surface area (Å²) >= 11 is 0. The monoisotopic (exact) mass is 273 g/mol. The molecular formula is C11H7N5O4. The Kier molecular flexibility index (Phi) is 2.46. The Morgan fingerprint density at radius 1 is 0.950 bits per heavy atom. The van der Waals surface area contributed by atoms with E-state index in [9.17, 15) is 9.59 Å². The minimum atomic E-state index is -0.644. The summed E-state index contributed by atoms with van der Waals surface area (Å²) in [7, 11) is 0. The molecule has 0 bridgehead atoms. The third kappa shape index (κ3) is 1.96. The Hall–Kier alpha value is -3.23. The summed E-state index contributed by atoms with van der Waals surface area (Å²) in [4.78, 5) is 33.2. The second-order valence-corrected chi connectivity index (χ2v) is 3.93. The zero-order valence-corrected chi connectivity index (χ0v) is 9.78. The lowest BCUT2D eigenvalue weighted by molar-refractivity contribution is 0.0879. The van der Waals surface area contributed by atoms with Crippen molar-refractivity contribution in [2.75, 3.05) is 5.32 Å². The summed E-state index contributed by atoms with van der Waals surface area (Å²) in [5, 5.41) is 23.1. The van der Waals surface area contributed by atoms with E-state index < -0.39 is 23.8 Å². The number of aromatic hydroxyl groups is 2. The van der Waals surface area contributed by atoms with E-state index in [4.69, 9.17) is 10.2 Å². The lowest BCUT2D eigenvalue weighted by Gasteiger charge is -2.05. The normalized spacial score (nSPS) is 13.0. The highest BCUT2D eigenvalue weighted by Crippen LogP contribution is 2.22. The molecule has 0 spiro atoms. The van der Waals surface area contributed by atoms with E-state index in [2.05, 4.69) is 25.6 Å². The van der Waals surface area contributed by atoms with Gasteiger partial charge in [0.05, 0.1) is 11.1 Å². The van der Waals surface area contributed by atoms with Gasteiger partial charge in [-0.05, 0) is 18.2 Å². The zero-order chi connectivity index (χ0) is 14.3. The Labute approximate surface area is 111 Å². The molecule has 20 heavy (non-hydrogen) atoms. The first kappa shape index (κ1) is 11.8. The summed E-state index contributed by atoms with van der Waals surface area (Å²) in [6.45, 7) is 0. The van der Waals surface area contributed by atoms with E-state index in [1.54, 1.807) is 0 Å². The van der Waals surface area contributed by atoms with Crippen molar-refractivity contribution in [2.24, 2.45) is 0 Å². The Bertz CT molecular complexity index is 725. The standard InChI is InChI=1S/C11H7N5O4/c17-7-5-2-1-4(3-6(5)8(18)13-7)12-9-14-10(19)16-11(20)15-9/h1-3H,(H,13,17,18)(H3,12,14,15,16,19,20). The maximum Gasteiger partial charge on any atom is 0.321 e. The molecule has 4 N–H and O–H groups in total. The van der Waals surface area contributed by atoms with Gasteiger partial charge in [-0.2, -0.15) is 9.97 Å². The number of imide groups is 1. The first-order chi connectivity index (χ1) is 9.52. The van der Waals surface area contributed by atoms with Crippen LogP contribution in [0.5, 0.6) is 12.0 Å². The molecule has 0 atom stereocenters. The molecule has 0 radical (unpaired) electrons. The number of carbonyl (C=O) groups is 2. The predicted octanol–water partition coefficient (Wildman–Crippen LogP) is -0.0900. The molecule has 9 nitrogen and oxygen atoms in total. The highest BCUT2D eigenvalue weighted by atomic mass is 16.3. The van der Waals surface area contributed by atoms with Gasteiger partial charge in [0, 0.05) is 5.69 Å². The Morgan fingerprint density at radius 2 is 1.60 bits per heavy atom. The zero-order valence-electron chi connectivity index (χ0n) is 9.78. The molecule has 1 aliphatic heterocycles. The predicted molar refractivity (Wildman–Crippen MR) is 64.7 cm³/mol. The van der Waals surface area contributed by atoms with Gasteiger partial charge in [0.2, 0.25) is 5.95 Å².